The number of ether oxygens (including phenoxy) is 1. The summed E-state index contributed by atoms with van der Waals surface area (Å²) in [4.78, 5) is 31.0. The minimum atomic E-state index is -4.82. The Kier molecular flexibility index (Phi) is 6.29. The molecule has 0 bridgehead atoms. The molecule has 0 amide bonds. The standard InChI is InChI=1S/C23H23F3N2O4/c1-22(2,3)20-21(31)27-17-12-15(10-14(19(17)28-20)7-5-9-18(29)30)13-6-4-8-16(11-13)32-23(24,25)26/h4,6,8,10-12H,5,7,9H2,1-3H3,(H,27,31)(H,29,30). The van der Waals surface area contributed by atoms with Gasteiger partial charge >= 0.3 is 12.3 Å². The van der Waals surface area contributed by atoms with Crippen molar-refractivity contribution >= 4 is 17.0 Å². The summed E-state index contributed by atoms with van der Waals surface area (Å²) in [5, 5.41) is 8.98. The highest BCUT2D eigenvalue weighted by Gasteiger charge is 2.31. The van der Waals surface area contributed by atoms with Crippen LogP contribution in [-0.2, 0) is 16.6 Å². The fraction of sp³-hybridized carbons (Fsp3) is 0.348. The number of rotatable bonds is 6. The average molecular weight is 448 g/mol. The van der Waals surface area contributed by atoms with Gasteiger partial charge in [-0.05, 0) is 53.8 Å². The number of fused-ring (bicyclic) bond motifs is 1. The Morgan fingerprint density at radius 3 is 2.47 bits per heavy atom. The molecule has 0 spiro atoms. The number of halogens is 3. The van der Waals surface area contributed by atoms with Gasteiger partial charge < -0.3 is 14.8 Å². The fourth-order valence-electron chi connectivity index (χ4n) is 3.43. The quantitative estimate of drug-likeness (QED) is 0.541. The third kappa shape index (κ3) is 5.66. The van der Waals surface area contributed by atoms with E-state index >= 15 is 0 Å². The number of hydrogen-bond acceptors (Lipinski definition) is 4. The molecule has 0 saturated heterocycles. The summed E-state index contributed by atoms with van der Waals surface area (Å²) in [6.07, 6.45) is -4.15. The Morgan fingerprint density at radius 2 is 1.84 bits per heavy atom. The number of H-pyrrole nitrogens is 1. The smallest absolute Gasteiger partial charge is 0.481 e. The Balaban J connectivity index is 2.15. The molecular weight excluding hydrogens is 425 g/mol. The van der Waals surface area contributed by atoms with E-state index in [1.807, 2.05) is 20.8 Å². The molecular formula is C23H23F3N2O4. The molecule has 0 unspecified atom stereocenters. The lowest BCUT2D eigenvalue weighted by Crippen LogP contribution is -2.26. The largest absolute Gasteiger partial charge is 0.573 e. The first kappa shape index (κ1) is 23.3. The zero-order chi connectivity index (χ0) is 23.7. The van der Waals surface area contributed by atoms with E-state index in [0.717, 1.165) is 0 Å². The number of aromatic nitrogens is 2. The second-order valence-electron chi connectivity index (χ2n) is 8.52. The number of carboxylic acids is 1. The first-order chi connectivity index (χ1) is 14.8. The Morgan fingerprint density at radius 1 is 1.12 bits per heavy atom. The lowest BCUT2D eigenvalue weighted by molar-refractivity contribution is -0.274. The lowest BCUT2D eigenvalue weighted by atomic mass is 9.91. The fourth-order valence-corrected chi connectivity index (χ4v) is 3.43. The number of aryl methyl sites for hydroxylation is 1. The summed E-state index contributed by atoms with van der Waals surface area (Å²) in [6, 6.07) is 8.92. The molecule has 2 N–H and O–H groups in total. The topological polar surface area (TPSA) is 92.3 Å². The first-order valence-corrected chi connectivity index (χ1v) is 9.99. The van der Waals surface area contributed by atoms with Crippen molar-refractivity contribution in [2.24, 2.45) is 0 Å². The molecule has 0 aliphatic heterocycles. The van der Waals surface area contributed by atoms with E-state index < -0.39 is 17.7 Å². The maximum atomic E-state index is 12.6. The summed E-state index contributed by atoms with van der Waals surface area (Å²) in [7, 11) is 0. The molecule has 0 saturated carbocycles. The van der Waals surface area contributed by atoms with E-state index in [2.05, 4.69) is 14.7 Å². The van der Waals surface area contributed by atoms with Crippen LogP contribution in [0.2, 0.25) is 0 Å². The highest BCUT2D eigenvalue weighted by atomic mass is 19.4. The molecule has 9 heteroatoms. The molecule has 1 heterocycles. The predicted molar refractivity (Wildman–Crippen MR) is 114 cm³/mol. The van der Waals surface area contributed by atoms with Crippen LogP contribution >= 0.6 is 0 Å². The van der Waals surface area contributed by atoms with Gasteiger partial charge in [0.1, 0.15) is 11.4 Å². The number of aliphatic carboxylic acids is 1. The minimum Gasteiger partial charge on any atom is -0.481 e. The van der Waals surface area contributed by atoms with E-state index in [1.165, 1.54) is 18.2 Å². The van der Waals surface area contributed by atoms with Crippen LogP contribution in [0.1, 0.15) is 44.9 Å². The van der Waals surface area contributed by atoms with E-state index in [4.69, 9.17) is 5.11 Å². The van der Waals surface area contributed by atoms with Crippen LogP contribution in [0.4, 0.5) is 13.2 Å². The average Bonchev–Trinajstić information content (AvgIpc) is 2.64. The van der Waals surface area contributed by atoms with Crippen molar-refractivity contribution in [3.05, 3.63) is 58.0 Å². The van der Waals surface area contributed by atoms with Gasteiger partial charge in [-0.2, -0.15) is 0 Å². The molecule has 170 valence electrons. The van der Waals surface area contributed by atoms with Gasteiger partial charge in [0, 0.05) is 11.8 Å². The van der Waals surface area contributed by atoms with Crippen LogP contribution in [0.3, 0.4) is 0 Å². The summed E-state index contributed by atoms with van der Waals surface area (Å²) in [5.41, 5.74) is 2.14. The zero-order valence-corrected chi connectivity index (χ0v) is 17.8. The predicted octanol–water partition coefficient (Wildman–Crippen LogP) is 5.19. The molecule has 0 atom stereocenters. The lowest BCUT2D eigenvalue weighted by Gasteiger charge is -2.18. The van der Waals surface area contributed by atoms with E-state index in [0.29, 0.717) is 46.3 Å². The number of carboxylic acid groups (broad SMARTS) is 1. The second-order valence-corrected chi connectivity index (χ2v) is 8.52. The summed E-state index contributed by atoms with van der Waals surface area (Å²) in [5.74, 6) is -1.29. The molecule has 3 aromatic rings. The van der Waals surface area contributed by atoms with Crippen LogP contribution < -0.4 is 10.3 Å². The highest BCUT2D eigenvalue weighted by molar-refractivity contribution is 5.85. The van der Waals surface area contributed by atoms with Gasteiger partial charge in [0.15, 0.2) is 0 Å². The number of carbonyl (C=O) groups is 1. The number of alkyl halides is 3. The Labute approximate surface area is 182 Å². The Hall–Kier alpha value is -3.36. The molecule has 0 radical (unpaired) electrons. The van der Waals surface area contributed by atoms with Gasteiger partial charge in [0.05, 0.1) is 11.0 Å². The van der Waals surface area contributed by atoms with Crippen molar-refractivity contribution in [3.8, 4) is 16.9 Å². The number of benzene rings is 2. The normalized spacial score (nSPS) is 12.2. The monoisotopic (exact) mass is 448 g/mol. The van der Waals surface area contributed by atoms with Crippen LogP contribution in [0.15, 0.2) is 41.2 Å². The van der Waals surface area contributed by atoms with Crippen molar-refractivity contribution in [2.75, 3.05) is 0 Å². The highest BCUT2D eigenvalue weighted by Crippen LogP contribution is 2.31. The van der Waals surface area contributed by atoms with E-state index in [1.54, 1.807) is 18.2 Å². The number of nitrogens with one attached hydrogen (secondary N) is 1. The van der Waals surface area contributed by atoms with Crippen molar-refractivity contribution in [1.82, 2.24) is 9.97 Å². The maximum absolute atomic E-state index is 12.6. The summed E-state index contributed by atoms with van der Waals surface area (Å²) >= 11 is 0. The number of aromatic amines is 1. The molecule has 3 rings (SSSR count). The number of hydrogen-bond donors (Lipinski definition) is 2. The minimum absolute atomic E-state index is 0.0455. The van der Waals surface area contributed by atoms with Crippen molar-refractivity contribution in [2.45, 2.75) is 51.8 Å². The van der Waals surface area contributed by atoms with Crippen molar-refractivity contribution in [3.63, 3.8) is 0 Å². The molecule has 0 aliphatic carbocycles. The molecule has 1 aromatic heterocycles. The molecule has 0 fully saturated rings. The Bertz CT molecular complexity index is 1210. The molecule has 0 aliphatic rings. The molecule has 6 nitrogen and oxygen atoms in total. The van der Waals surface area contributed by atoms with E-state index in [9.17, 15) is 22.8 Å². The summed E-state index contributed by atoms with van der Waals surface area (Å²) < 4.78 is 41.8. The van der Waals surface area contributed by atoms with Gasteiger partial charge in [0.25, 0.3) is 5.56 Å². The van der Waals surface area contributed by atoms with Gasteiger partial charge in [0.2, 0.25) is 0 Å². The van der Waals surface area contributed by atoms with E-state index in [-0.39, 0.29) is 17.7 Å². The van der Waals surface area contributed by atoms with Crippen molar-refractivity contribution < 1.29 is 27.8 Å². The molecule has 32 heavy (non-hydrogen) atoms. The SMILES string of the molecule is CC(C)(C)c1nc2c(CCCC(=O)O)cc(-c3cccc(OC(F)(F)F)c3)cc2[nH]c1=O. The number of nitrogens with zero attached hydrogens (tertiary/aromatic N) is 1. The third-order valence-electron chi connectivity index (χ3n) is 4.82. The maximum Gasteiger partial charge on any atom is 0.573 e. The van der Waals surface area contributed by atoms with Crippen LogP contribution in [0.25, 0.3) is 22.2 Å². The van der Waals surface area contributed by atoms with Gasteiger partial charge in [-0.25, -0.2) is 4.98 Å². The van der Waals surface area contributed by atoms with Gasteiger partial charge in [-0.3, -0.25) is 9.59 Å². The summed E-state index contributed by atoms with van der Waals surface area (Å²) in [6.45, 7) is 5.59. The first-order valence-electron chi connectivity index (χ1n) is 9.99. The van der Waals surface area contributed by atoms with Gasteiger partial charge in [-0.1, -0.05) is 32.9 Å². The molecule has 2 aromatic carbocycles. The second kappa shape index (κ2) is 8.64. The van der Waals surface area contributed by atoms with Crippen LogP contribution in [0, 0.1) is 0 Å². The third-order valence-corrected chi connectivity index (χ3v) is 4.82. The van der Waals surface area contributed by atoms with Gasteiger partial charge in [-0.15, -0.1) is 13.2 Å². The van der Waals surface area contributed by atoms with Crippen LogP contribution in [0.5, 0.6) is 5.75 Å². The van der Waals surface area contributed by atoms with Crippen LogP contribution in [-0.4, -0.2) is 27.4 Å². The zero-order valence-electron chi connectivity index (χ0n) is 17.8. The van der Waals surface area contributed by atoms with Crippen molar-refractivity contribution in [1.29, 1.82) is 0 Å².